The zero-order chi connectivity index (χ0) is 14.8. The second kappa shape index (κ2) is 5.70. The number of aryl methyl sites for hydroxylation is 2. The number of anilines is 1. The Hall–Kier alpha value is -2.13. The van der Waals surface area contributed by atoms with Crippen LogP contribution in [0.5, 0.6) is 0 Å². The fourth-order valence-electron chi connectivity index (χ4n) is 2.64. The number of hydrogen-bond donors (Lipinski definition) is 1. The normalized spacial score (nSPS) is 17.1. The standard InChI is InChI=1S/C18H19NO2/c1-12-7-8-15(11-13(12)2)19-18(20)17-16-6-4-3-5-14(16)9-10-21-17/h3-8,11,17H,9-10H2,1-2H3,(H,19,20)/t17-/m1/s1. The van der Waals surface area contributed by atoms with Gasteiger partial charge in [-0.15, -0.1) is 0 Å². The quantitative estimate of drug-likeness (QED) is 0.914. The third kappa shape index (κ3) is 2.83. The lowest BCUT2D eigenvalue weighted by Crippen LogP contribution is -2.28. The highest BCUT2D eigenvalue weighted by Gasteiger charge is 2.27. The molecule has 1 heterocycles. The minimum Gasteiger partial charge on any atom is -0.363 e. The Balaban J connectivity index is 1.81. The summed E-state index contributed by atoms with van der Waals surface area (Å²) in [7, 11) is 0. The van der Waals surface area contributed by atoms with Crippen molar-refractivity contribution in [1.82, 2.24) is 0 Å². The van der Waals surface area contributed by atoms with E-state index in [0.717, 1.165) is 23.2 Å². The molecule has 1 aliphatic rings. The van der Waals surface area contributed by atoms with Crippen molar-refractivity contribution in [2.75, 3.05) is 11.9 Å². The highest BCUT2D eigenvalue weighted by atomic mass is 16.5. The predicted molar refractivity (Wildman–Crippen MR) is 83.4 cm³/mol. The number of hydrogen-bond acceptors (Lipinski definition) is 2. The van der Waals surface area contributed by atoms with Crippen molar-refractivity contribution in [3.8, 4) is 0 Å². The Morgan fingerprint density at radius 3 is 2.76 bits per heavy atom. The summed E-state index contributed by atoms with van der Waals surface area (Å²) in [5, 5.41) is 2.96. The fraction of sp³-hybridized carbons (Fsp3) is 0.278. The Morgan fingerprint density at radius 1 is 1.14 bits per heavy atom. The lowest BCUT2D eigenvalue weighted by Gasteiger charge is -2.25. The first-order valence-corrected chi connectivity index (χ1v) is 7.22. The van der Waals surface area contributed by atoms with E-state index >= 15 is 0 Å². The van der Waals surface area contributed by atoms with Gasteiger partial charge in [0.15, 0.2) is 6.10 Å². The Kier molecular flexibility index (Phi) is 3.76. The van der Waals surface area contributed by atoms with Crippen molar-refractivity contribution >= 4 is 11.6 Å². The van der Waals surface area contributed by atoms with E-state index < -0.39 is 6.10 Å². The molecule has 0 fully saturated rings. The summed E-state index contributed by atoms with van der Waals surface area (Å²) in [5.74, 6) is -0.106. The fourth-order valence-corrected chi connectivity index (χ4v) is 2.64. The van der Waals surface area contributed by atoms with Crippen LogP contribution in [0.1, 0.15) is 28.4 Å². The van der Waals surface area contributed by atoms with Gasteiger partial charge >= 0.3 is 0 Å². The molecule has 0 aliphatic carbocycles. The number of amides is 1. The molecule has 0 aromatic heterocycles. The van der Waals surface area contributed by atoms with E-state index in [1.54, 1.807) is 0 Å². The Labute approximate surface area is 124 Å². The highest BCUT2D eigenvalue weighted by molar-refractivity contribution is 5.95. The summed E-state index contributed by atoms with van der Waals surface area (Å²) in [6.45, 7) is 4.68. The van der Waals surface area contributed by atoms with Crippen molar-refractivity contribution in [3.63, 3.8) is 0 Å². The van der Waals surface area contributed by atoms with E-state index in [0.29, 0.717) is 6.61 Å². The molecule has 3 heteroatoms. The average molecular weight is 281 g/mol. The zero-order valence-corrected chi connectivity index (χ0v) is 12.3. The molecule has 0 bridgehead atoms. The number of carbonyl (C=O) groups is 1. The van der Waals surface area contributed by atoms with Gasteiger partial charge in [0.1, 0.15) is 0 Å². The van der Waals surface area contributed by atoms with Gasteiger partial charge in [0, 0.05) is 5.69 Å². The van der Waals surface area contributed by atoms with Gasteiger partial charge in [-0.3, -0.25) is 4.79 Å². The van der Waals surface area contributed by atoms with Crippen LogP contribution in [-0.4, -0.2) is 12.5 Å². The van der Waals surface area contributed by atoms with Crippen LogP contribution in [0.3, 0.4) is 0 Å². The molecule has 1 N–H and O–H groups in total. The molecule has 21 heavy (non-hydrogen) atoms. The summed E-state index contributed by atoms with van der Waals surface area (Å²) in [5.41, 5.74) is 5.37. The van der Waals surface area contributed by atoms with Crippen molar-refractivity contribution in [1.29, 1.82) is 0 Å². The third-order valence-electron chi connectivity index (χ3n) is 4.01. The number of benzene rings is 2. The molecule has 3 nitrogen and oxygen atoms in total. The van der Waals surface area contributed by atoms with Crippen LogP contribution in [0.2, 0.25) is 0 Å². The molecule has 1 atom stereocenters. The number of carbonyl (C=O) groups excluding carboxylic acids is 1. The maximum atomic E-state index is 12.5. The van der Waals surface area contributed by atoms with Gasteiger partial charge in [-0.25, -0.2) is 0 Å². The Bertz CT molecular complexity index is 679. The van der Waals surface area contributed by atoms with Crippen molar-refractivity contribution in [2.24, 2.45) is 0 Å². The summed E-state index contributed by atoms with van der Waals surface area (Å²) in [4.78, 5) is 12.5. The number of rotatable bonds is 2. The highest BCUT2D eigenvalue weighted by Crippen LogP contribution is 2.28. The first kappa shape index (κ1) is 13.8. The summed E-state index contributed by atoms with van der Waals surface area (Å²) < 4.78 is 5.68. The van der Waals surface area contributed by atoms with Gasteiger partial charge in [0.05, 0.1) is 6.61 Å². The SMILES string of the molecule is Cc1ccc(NC(=O)[C@@H]2OCCc3ccccc32)cc1C. The van der Waals surface area contributed by atoms with Gasteiger partial charge in [0.2, 0.25) is 0 Å². The minimum absolute atomic E-state index is 0.106. The molecule has 108 valence electrons. The molecule has 1 amide bonds. The molecule has 0 saturated heterocycles. The largest absolute Gasteiger partial charge is 0.363 e. The number of nitrogens with one attached hydrogen (secondary N) is 1. The lowest BCUT2D eigenvalue weighted by molar-refractivity contribution is -0.128. The van der Waals surface area contributed by atoms with Gasteiger partial charge in [-0.2, -0.15) is 0 Å². The zero-order valence-electron chi connectivity index (χ0n) is 12.3. The van der Waals surface area contributed by atoms with Crippen molar-refractivity contribution in [2.45, 2.75) is 26.4 Å². The second-order valence-electron chi connectivity index (χ2n) is 5.49. The summed E-state index contributed by atoms with van der Waals surface area (Å²) >= 11 is 0. The second-order valence-corrected chi connectivity index (χ2v) is 5.49. The smallest absolute Gasteiger partial charge is 0.258 e. The van der Waals surface area contributed by atoms with Gasteiger partial charge < -0.3 is 10.1 Å². The summed E-state index contributed by atoms with van der Waals surface area (Å²) in [6, 6.07) is 13.9. The van der Waals surface area contributed by atoms with E-state index in [9.17, 15) is 4.79 Å². The monoisotopic (exact) mass is 281 g/mol. The molecule has 2 aromatic rings. The van der Waals surface area contributed by atoms with Crippen LogP contribution in [0.25, 0.3) is 0 Å². The van der Waals surface area contributed by atoms with Crippen LogP contribution in [0, 0.1) is 13.8 Å². The van der Waals surface area contributed by atoms with Crippen LogP contribution in [0.15, 0.2) is 42.5 Å². The van der Waals surface area contributed by atoms with E-state index in [1.165, 1.54) is 11.1 Å². The van der Waals surface area contributed by atoms with Crippen molar-refractivity contribution in [3.05, 3.63) is 64.7 Å². The molecule has 0 radical (unpaired) electrons. The lowest BCUT2D eigenvalue weighted by atomic mass is 9.97. The molecule has 2 aromatic carbocycles. The number of ether oxygens (including phenoxy) is 1. The van der Waals surface area contributed by atoms with Gasteiger partial charge in [0.25, 0.3) is 5.91 Å². The van der Waals surface area contributed by atoms with E-state index in [2.05, 4.69) is 18.3 Å². The average Bonchev–Trinajstić information content (AvgIpc) is 2.50. The van der Waals surface area contributed by atoms with E-state index in [4.69, 9.17) is 4.74 Å². The molecule has 0 saturated carbocycles. The molecular weight excluding hydrogens is 262 g/mol. The number of fused-ring (bicyclic) bond motifs is 1. The maximum Gasteiger partial charge on any atom is 0.258 e. The van der Waals surface area contributed by atoms with Crippen LogP contribution in [-0.2, 0) is 16.0 Å². The molecule has 0 unspecified atom stereocenters. The van der Waals surface area contributed by atoms with Gasteiger partial charge in [-0.05, 0) is 54.7 Å². The van der Waals surface area contributed by atoms with Gasteiger partial charge in [-0.1, -0.05) is 30.3 Å². The first-order valence-electron chi connectivity index (χ1n) is 7.22. The molecular formula is C18H19NO2. The van der Waals surface area contributed by atoms with Crippen LogP contribution < -0.4 is 5.32 Å². The molecule has 0 spiro atoms. The predicted octanol–water partition coefficient (Wildman–Crippen LogP) is 3.56. The van der Waals surface area contributed by atoms with E-state index in [1.807, 2.05) is 43.3 Å². The molecule has 3 rings (SSSR count). The topological polar surface area (TPSA) is 38.3 Å². The Morgan fingerprint density at radius 2 is 1.95 bits per heavy atom. The third-order valence-corrected chi connectivity index (χ3v) is 4.01. The maximum absolute atomic E-state index is 12.5. The van der Waals surface area contributed by atoms with Crippen LogP contribution >= 0.6 is 0 Å². The summed E-state index contributed by atoms with van der Waals surface area (Å²) in [6.07, 6.45) is 0.348. The van der Waals surface area contributed by atoms with Crippen LogP contribution in [0.4, 0.5) is 5.69 Å². The van der Waals surface area contributed by atoms with E-state index in [-0.39, 0.29) is 5.91 Å². The minimum atomic E-state index is -0.517. The first-order chi connectivity index (χ1) is 10.1. The molecule has 1 aliphatic heterocycles. The van der Waals surface area contributed by atoms with Crippen molar-refractivity contribution < 1.29 is 9.53 Å².